The molecule has 0 saturated heterocycles. The Morgan fingerprint density at radius 1 is 1.44 bits per heavy atom. The molecule has 0 aromatic heterocycles. The number of halogens is 1. The molecule has 0 aliphatic carbocycles. The van der Waals surface area contributed by atoms with Gasteiger partial charge in [0.15, 0.2) is 0 Å². The first-order valence-electron chi connectivity index (χ1n) is 4.68. The molecule has 1 aromatic rings. The van der Waals surface area contributed by atoms with Gasteiger partial charge >= 0.3 is 5.97 Å². The lowest BCUT2D eigenvalue weighted by Crippen LogP contribution is -2.18. The van der Waals surface area contributed by atoms with Crippen LogP contribution in [-0.4, -0.2) is 23.5 Å². The van der Waals surface area contributed by atoms with Crippen molar-refractivity contribution in [3.8, 4) is 5.75 Å². The largest absolute Gasteiger partial charge is 0.507 e. The van der Waals surface area contributed by atoms with E-state index in [2.05, 4.69) is 4.74 Å². The van der Waals surface area contributed by atoms with Gasteiger partial charge in [-0.2, -0.15) is 0 Å². The second kappa shape index (κ2) is 4.99. The van der Waals surface area contributed by atoms with E-state index in [-0.39, 0.29) is 22.9 Å². The molecule has 16 heavy (non-hydrogen) atoms. The molecule has 0 saturated carbocycles. The number of aromatic hydroxyl groups is 1. The number of carbonyl (C=O) groups excluding carboxylic acids is 2. The summed E-state index contributed by atoms with van der Waals surface area (Å²) in [5.74, 6) is -2.25. The Morgan fingerprint density at radius 2 is 2.06 bits per heavy atom. The van der Waals surface area contributed by atoms with E-state index in [1.165, 1.54) is 6.07 Å². The van der Waals surface area contributed by atoms with Crippen LogP contribution in [0.1, 0.15) is 22.8 Å². The van der Waals surface area contributed by atoms with Crippen molar-refractivity contribution in [2.45, 2.75) is 13.8 Å². The number of phenols is 1. The van der Waals surface area contributed by atoms with Crippen molar-refractivity contribution in [2.75, 3.05) is 6.61 Å². The molecule has 0 aliphatic heterocycles. The lowest BCUT2D eigenvalue weighted by molar-refractivity contribution is -0.137. The zero-order chi connectivity index (χ0) is 12.3. The number of aryl methyl sites for hydroxylation is 1. The van der Waals surface area contributed by atoms with Crippen LogP contribution in [0.3, 0.4) is 0 Å². The number of Topliss-reactive ketones (excluding diaryl/α,β-unsaturated/α-hetero) is 1. The molecule has 0 fully saturated rings. The smallest absolute Gasteiger partial charge is 0.379 e. The van der Waals surface area contributed by atoms with Gasteiger partial charge < -0.3 is 9.84 Å². The van der Waals surface area contributed by atoms with Crippen LogP contribution in [0, 0.1) is 6.92 Å². The van der Waals surface area contributed by atoms with Crippen LogP contribution in [0.4, 0.5) is 0 Å². The number of ketones is 1. The average Bonchev–Trinajstić information content (AvgIpc) is 2.24. The van der Waals surface area contributed by atoms with Gasteiger partial charge in [-0.25, -0.2) is 4.79 Å². The Kier molecular flexibility index (Phi) is 3.90. The summed E-state index contributed by atoms with van der Waals surface area (Å²) in [5.41, 5.74) is 0.261. The Morgan fingerprint density at radius 3 is 2.62 bits per heavy atom. The summed E-state index contributed by atoms with van der Waals surface area (Å²) >= 11 is 5.75. The normalized spacial score (nSPS) is 9.94. The lowest BCUT2D eigenvalue weighted by Gasteiger charge is -2.07. The molecule has 1 aromatic carbocycles. The van der Waals surface area contributed by atoms with Crippen molar-refractivity contribution in [1.29, 1.82) is 0 Å². The van der Waals surface area contributed by atoms with Crippen LogP contribution < -0.4 is 0 Å². The summed E-state index contributed by atoms with van der Waals surface area (Å²) in [6, 6.07) is 3.00. The summed E-state index contributed by atoms with van der Waals surface area (Å²) < 4.78 is 4.55. The second-order valence-corrected chi connectivity index (χ2v) is 3.54. The van der Waals surface area contributed by atoms with Gasteiger partial charge in [-0.3, -0.25) is 4.79 Å². The number of esters is 1. The van der Waals surface area contributed by atoms with Crippen LogP contribution in [-0.2, 0) is 9.53 Å². The van der Waals surface area contributed by atoms with Crippen molar-refractivity contribution < 1.29 is 19.4 Å². The fraction of sp³-hybridized carbons (Fsp3) is 0.273. The topological polar surface area (TPSA) is 63.6 Å². The minimum Gasteiger partial charge on any atom is -0.507 e. The fourth-order valence-electron chi connectivity index (χ4n) is 1.19. The number of hydrogen-bond acceptors (Lipinski definition) is 4. The number of rotatable bonds is 3. The molecule has 0 spiro atoms. The molecule has 0 aliphatic rings. The minimum absolute atomic E-state index is 0.0288. The third-order valence-electron chi connectivity index (χ3n) is 2.02. The van der Waals surface area contributed by atoms with Gasteiger partial charge in [0.05, 0.1) is 17.2 Å². The van der Waals surface area contributed by atoms with Crippen LogP contribution in [0.25, 0.3) is 0 Å². The SMILES string of the molecule is CCOC(=O)C(=O)c1c(Cl)ccc(C)c1O. The highest BCUT2D eigenvalue weighted by atomic mass is 35.5. The van der Waals surface area contributed by atoms with E-state index in [1.54, 1.807) is 19.9 Å². The van der Waals surface area contributed by atoms with E-state index < -0.39 is 11.8 Å². The molecular formula is C11H11ClO4. The maximum absolute atomic E-state index is 11.6. The van der Waals surface area contributed by atoms with Crippen molar-refractivity contribution in [2.24, 2.45) is 0 Å². The first-order valence-corrected chi connectivity index (χ1v) is 5.06. The predicted octanol–water partition coefficient (Wildman–Crippen LogP) is 2.10. The third-order valence-corrected chi connectivity index (χ3v) is 2.33. The standard InChI is InChI=1S/C11H11ClO4/c1-3-16-11(15)10(14)8-7(12)5-4-6(2)9(8)13/h4-5,13H,3H2,1-2H3. The Bertz CT molecular complexity index is 440. The number of carbonyl (C=O) groups is 2. The van der Waals surface area contributed by atoms with Gasteiger partial charge in [0.1, 0.15) is 5.75 Å². The van der Waals surface area contributed by atoms with E-state index in [1.807, 2.05) is 0 Å². The first-order chi connectivity index (χ1) is 7.49. The maximum atomic E-state index is 11.6. The molecule has 86 valence electrons. The van der Waals surface area contributed by atoms with E-state index >= 15 is 0 Å². The third kappa shape index (κ3) is 2.33. The van der Waals surface area contributed by atoms with Gasteiger partial charge in [0, 0.05) is 0 Å². The van der Waals surface area contributed by atoms with Gasteiger partial charge in [0.2, 0.25) is 0 Å². The molecule has 0 heterocycles. The highest BCUT2D eigenvalue weighted by Gasteiger charge is 2.24. The van der Waals surface area contributed by atoms with E-state index in [0.717, 1.165) is 0 Å². The van der Waals surface area contributed by atoms with Crippen LogP contribution in [0.5, 0.6) is 5.75 Å². The Hall–Kier alpha value is -1.55. The van der Waals surface area contributed by atoms with Crippen LogP contribution in [0.15, 0.2) is 12.1 Å². The summed E-state index contributed by atoms with van der Waals surface area (Å²) in [5, 5.41) is 9.68. The van der Waals surface area contributed by atoms with Crippen molar-refractivity contribution in [3.05, 3.63) is 28.3 Å². The fourth-order valence-corrected chi connectivity index (χ4v) is 1.42. The van der Waals surface area contributed by atoms with Crippen LogP contribution in [0.2, 0.25) is 5.02 Å². The molecule has 0 unspecified atom stereocenters. The monoisotopic (exact) mass is 242 g/mol. The summed E-state index contributed by atoms with van der Waals surface area (Å²) in [6.07, 6.45) is 0. The molecule has 1 rings (SSSR count). The van der Waals surface area contributed by atoms with Crippen molar-refractivity contribution in [1.82, 2.24) is 0 Å². The maximum Gasteiger partial charge on any atom is 0.379 e. The zero-order valence-electron chi connectivity index (χ0n) is 8.91. The van der Waals surface area contributed by atoms with E-state index in [0.29, 0.717) is 5.56 Å². The molecule has 0 amide bonds. The zero-order valence-corrected chi connectivity index (χ0v) is 9.67. The van der Waals surface area contributed by atoms with Gasteiger partial charge in [-0.05, 0) is 25.5 Å². The molecule has 0 radical (unpaired) electrons. The molecule has 4 nitrogen and oxygen atoms in total. The van der Waals surface area contributed by atoms with E-state index in [4.69, 9.17) is 11.6 Å². The van der Waals surface area contributed by atoms with Crippen molar-refractivity contribution in [3.63, 3.8) is 0 Å². The molecule has 1 N–H and O–H groups in total. The number of benzene rings is 1. The summed E-state index contributed by atoms with van der Waals surface area (Å²) in [6.45, 7) is 3.28. The second-order valence-electron chi connectivity index (χ2n) is 3.14. The average molecular weight is 243 g/mol. The number of phenolic OH excluding ortho intramolecular Hbond substituents is 1. The molecule has 0 bridgehead atoms. The quantitative estimate of drug-likeness (QED) is 0.501. The summed E-state index contributed by atoms with van der Waals surface area (Å²) in [4.78, 5) is 22.8. The lowest BCUT2D eigenvalue weighted by atomic mass is 10.1. The Labute approximate surface area is 97.8 Å². The molecule has 0 atom stereocenters. The highest BCUT2D eigenvalue weighted by Crippen LogP contribution is 2.29. The summed E-state index contributed by atoms with van der Waals surface area (Å²) in [7, 11) is 0. The highest BCUT2D eigenvalue weighted by molar-refractivity contribution is 6.46. The number of ether oxygens (including phenoxy) is 1. The number of hydrogen-bond donors (Lipinski definition) is 1. The van der Waals surface area contributed by atoms with E-state index in [9.17, 15) is 14.7 Å². The predicted molar refractivity (Wildman–Crippen MR) is 58.8 cm³/mol. The molecule has 5 heteroatoms. The Balaban J connectivity index is 3.18. The molecular weight excluding hydrogens is 232 g/mol. The first kappa shape index (κ1) is 12.5. The minimum atomic E-state index is -1.02. The van der Waals surface area contributed by atoms with Gasteiger partial charge in [-0.1, -0.05) is 17.7 Å². The van der Waals surface area contributed by atoms with Gasteiger partial charge in [0.25, 0.3) is 5.78 Å². The van der Waals surface area contributed by atoms with Gasteiger partial charge in [-0.15, -0.1) is 0 Å². The van der Waals surface area contributed by atoms with Crippen molar-refractivity contribution >= 4 is 23.4 Å². The van der Waals surface area contributed by atoms with Crippen LogP contribution >= 0.6 is 11.6 Å².